The van der Waals surface area contributed by atoms with Crippen molar-refractivity contribution in [2.24, 2.45) is 0 Å². The van der Waals surface area contributed by atoms with Crippen molar-refractivity contribution < 1.29 is 4.74 Å². The highest BCUT2D eigenvalue weighted by Gasteiger charge is 2.20. The van der Waals surface area contributed by atoms with Gasteiger partial charge < -0.3 is 10.5 Å². The Hall–Kier alpha value is -0.770. The van der Waals surface area contributed by atoms with Gasteiger partial charge in [0.1, 0.15) is 0 Å². The molecule has 0 aliphatic carbocycles. The fourth-order valence-electron chi connectivity index (χ4n) is 2.55. The summed E-state index contributed by atoms with van der Waals surface area (Å²) in [4.78, 5) is 2.41. The minimum Gasteiger partial charge on any atom is -0.399 e. The summed E-state index contributed by atoms with van der Waals surface area (Å²) in [7, 11) is 0. The first-order chi connectivity index (χ1) is 8.67. The zero-order valence-corrected chi connectivity index (χ0v) is 11.6. The number of benzene rings is 1. The van der Waals surface area contributed by atoms with Gasteiger partial charge in [0.05, 0.1) is 6.10 Å². The van der Waals surface area contributed by atoms with Gasteiger partial charge in [-0.3, -0.25) is 4.90 Å². The average molecular weight is 269 g/mol. The molecule has 1 atom stereocenters. The second-order valence-corrected chi connectivity index (χ2v) is 5.28. The molecule has 2 N–H and O–H groups in total. The van der Waals surface area contributed by atoms with Crippen LogP contribution in [-0.4, -0.2) is 30.7 Å². The molecular formula is C14H21ClN2O. The smallest absolute Gasteiger partial charge is 0.0702 e. The molecule has 2 rings (SSSR count). The summed E-state index contributed by atoms with van der Waals surface area (Å²) in [5, 5.41) is 0.711. The van der Waals surface area contributed by atoms with Gasteiger partial charge in [-0.25, -0.2) is 0 Å². The molecule has 1 heterocycles. The number of piperidine rings is 1. The Bertz CT molecular complexity index is 375. The highest BCUT2D eigenvalue weighted by Crippen LogP contribution is 2.20. The molecule has 1 aromatic rings. The summed E-state index contributed by atoms with van der Waals surface area (Å²) in [5.74, 6) is 0. The van der Waals surface area contributed by atoms with E-state index in [-0.39, 0.29) is 0 Å². The molecule has 1 aliphatic heterocycles. The molecule has 18 heavy (non-hydrogen) atoms. The molecule has 0 spiro atoms. The van der Waals surface area contributed by atoms with E-state index in [1.807, 2.05) is 12.1 Å². The van der Waals surface area contributed by atoms with Crippen molar-refractivity contribution in [3.63, 3.8) is 0 Å². The second kappa shape index (κ2) is 6.41. The number of anilines is 1. The molecule has 1 fully saturated rings. The monoisotopic (exact) mass is 268 g/mol. The van der Waals surface area contributed by atoms with Gasteiger partial charge in [-0.1, -0.05) is 11.6 Å². The SMILES string of the molecule is CCOC1CCCN(Cc2cc(N)cc(Cl)c2)C1. The van der Waals surface area contributed by atoms with Crippen LogP contribution in [0, 0.1) is 0 Å². The lowest BCUT2D eigenvalue weighted by atomic mass is 10.1. The van der Waals surface area contributed by atoms with Crippen LogP contribution in [-0.2, 0) is 11.3 Å². The molecule has 1 aromatic carbocycles. The van der Waals surface area contributed by atoms with Crippen molar-refractivity contribution in [3.8, 4) is 0 Å². The van der Waals surface area contributed by atoms with E-state index in [2.05, 4.69) is 11.8 Å². The summed E-state index contributed by atoms with van der Waals surface area (Å²) in [5.41, 5.74) is 7.72. The zero-order chi connectivity index (χ0) is 13.0. The minimum atomic E-state index is 0.375. The van der Waals surface area contributed by atoms with E-state index in [4.69, 9.17) is 22.1 Å². The molecule has 1 aliphatic rings. The predicted molar refractivity (Wildman–Crippen MR) is 75.8 cm³/mol. The Morgan fingerprint density at radius 1 is 1.44 bits per heavy atom. The van der Waals surface area contributed by atoms with E-state index >= 15 is 0 Å². The van der Waals surface area contributed by atoms with E-state index in [0.717, 1.165) is 31.9 Å². The van der Waals surface area contributed by atoms with Crippen LogP contribution in [0.2, 0.25) is 5.02 Å². The van der Waals surface area contributed by atoms with Crippen LogP contribution in [0.3, 0.4) is 0 Å². The molecule has 0 amide bonds. The van der Waals surface area contributed by atoms with Crippen LogP contribution in [0.1, 0.15) is 25.3 Å². The van der Waals surface area contributed by atoms with Crippen molar-refractivity contribution in [1.29, 1.82) is 0 Å². The number of likely N-dealkylation sites (tertiary alicyclic amines) is 1. The number of rotatable bonds is 4. The third kappa shape index (κ3) is 3.87. The molecule has 0 bridgehead atoms. The fourth-order valence-corrected chi connectivity index (χ4v) is 2.82. The van der Waals surface area contributed by atoms with Crippen LogP contribution >= 0.6 is 11.6 Å². The maximum absolute atomic E-state index is 6.02. The van der Waals surface area contributed by atoms with Crippen molar-refractivity contribution in [2.45, 2.75) is 32.4 Å². The first-order valence-corrected chi connectivity index (χ1v) is 6.94. The average Bonchev–Trinajstić information content (AvgIpc) is 2.28. The maximum atomic E-state index is 6.02. The number of hydrogen-bond acceptors (Lipinski definition) is 3. The van der Waals surface area contributed by atoms with Crippen LogP contribution in [0.5, 0.6) is 0 Å². The number of nitrogen functional groups attached to an aromatic ring is 1. The lowest BCUT2D eigenvalue weighted by Gasteiger charge is -2.32. The molecule has 0 aromatic heterocycles. The Labute approximate surface area is 114 Å². The molecule has 1 saturated heterocycles. The molecule has 3 nitrogen and oxygen atoms in total. The largest absolute Gasteiger partial charge is 0.399 e. The first kappa shape index (κ1) is 13.7. The fraction of sp³-hybridized carbons (Fsp3) is 0.571. The van der Waals surface area contributed by atoms with Gasteiger partial charge in [0.15, 0.2) is 0 Å². The first-order valence-electron chi connectivity index (χ1n) is 6.56. The standard InChI is InChI=1S/C14H21ClN2O/c1-2-18-14-4-3-5-17(10-14)9-11-6-12(15)8-13(16)7-11/h6-8,14H,2-5,9-10,16H2,1H3. The van der Waals surface area contributed by atoms with Crippen LogP contribution in [0.25, 0.3) is 0 Å². The number of nitrogens with zero attached hydrogens (tertiary/aromatic N) is 1. The van der Waals surface area contributed by atoms with Crippen LogP contribution in [0.15, 0.2) is 18.2 Å². The third-order valence-corrected chi connectivity index (χ3v) is 3.47. The Morgan fingerprint density at radius 3 is 3.00 bits per heavy atom. The molecule has 0 radical (unpaired) electrons. The minimum absolute atomic E-state index is 0.375. The van der Waals surface area contributed by atoms with E-state index in [1.165, 1.54) is 18.4 Å². The van der Waals surface area contributed by atoms with Crippen molar-refractivity contribution in [3.05, 3.63) is 28.8 Å². The van der Waals surface area contributed by atoms with Gasteiger partial charge in [0.2, 0.25) is 0 Å². The summed E-state index contributed by atoms with van der Waals surface area (Å²) >= 11 is 6.02. The summed E-state index contributed by atoms with van der Waals surface area (Å²) in [6.45, 7) is 5.86. The summed E-state index contributed by atoms with van der Waals surface area (Å²) in [6, 6.07) is 5.77. The Morgan fingerprint density at radius 2 is 2.28 bits per heavy atom. The van der Waals surface area contributed by atoms with Gasteiger partial charge >= 0.3 is 0 Å². The lowest BCUT2D eigenvalue weighted by Crippen LogP contribution is -2.39. The number of nitrogens with two attached hydrogens (primary N) is 1. The van der Waals surface area contributed by atoms with Gasteiger partial charge in [0, 0.05) is 30.4 Å². The molecular weight excluding hydrogens is 248 g/mol. The second-order valence-electron chi connectivity index (χ2n) is 4.85. The molecule has 4 heteroatoms. The van der Waals surface area contributed by atoms with E-state index < -0.39 is 0 Å². The lowest BCUT2D eigenvalue weighted by molar-refractivity contribution is 0.00364. The van der Waals surface area contributed by atoms with E-state index in [1.54, 1.807) is 6.07 Å². The van der Waals surface area contributed by atoms with Crippen molar-refractivity contribution in [1.82, 2.24) is 4.90 Å². The van der Waals surface area contributed by atoms with Crippen LogP contribution < -0.4 is 5.73 Å². The van der Waals surface area contributed by atoms with Gasteiger partial charge in [-0.15, -0.1) is 0 Å². The van der Waals surface area contributed by atoms with Crippen molar-refractivity contribution in [2.75, 3.05) is 25.4 Å². The molecule has 1 unspecified atom stereocenters. The number of ether oxygens (including phenoxy) is 1. The van der Waals surface area contributed by atoms with Gasteiger partial charge in [0.25, 0.3) is 0 Å². The van der Waals surface area contributed by atoms with E-state index in [9.17, 15) is 0 Å². The molecule has 100 valence electrons. The molecule has 0 saturated carbocycles. The van der Waals surface area contributed by atoms with Crippen molar-refractivity contribution >= 4 is 17.3 Å². The highest BCUT2D eigenvalue weighted by atomic mass is 35.5. The van der Waals surface area contributed by atoms with Gasteiger partial charge in [-0.2, -0.15) is 0 Å². The summed E-state index contributed by atoms with van der Waals surface area (Å²) < 4.78 is 5.71. The zero-order valence-electron chi connectivity index (χ0n) is 10.9. The quantitative estimate of drug-likeness (QED) is 0.854. The normalized spacial score (nSPS) is 21.1. The maximum Gasteiger partial charge on any atom is 0.0702 e. The topological polar surface area (TPSA) is 38.5 Å². The number of halogens is 1. The van der Waals surface area contributed by atoms with E-state index in [0.29, 0.717) is 11.1 Å². The Kier molecular flexibility index (Phi) is 4.87. The third-order valence-electron chi connectivity index (χ3n) is 3.25. The van der Waals surface area contributed by atoms with Crippen LogP contribution in [0.4, 0.5) is 5.69 Å². The predicted octanol–water partition coefficient (Wildman–Crippen LogP) is 2.92. The van der Waals surface area contributed by atoms with Gasteiger partial charge in [-0.05, 0) is 50.1 Å². The summed E-state index contributed by atoms with van der Waals surface area (Å²) in [6.07, 6.45) is 2.74. The number of hydrogen-bond donors (Lipinski definition) is 1. The highest BCUT2D eigenvalue weighted by molar-refractivity contribution is 6.30. The Balaban J connectivity index is 1.95.